The minimum absolute atomic E-state index is 1.08. The second kappa shape index (κ2) is 8.97. The molecule has 4 heteroatoms. The van der Waals surface area contributed by atoms with Crippen LogP contribution in [0.3, 0.4) is 0 Å². The second-order valence-electron chi connectivity index (χ2n) is 4.21. The number of nitrogens with one attached hydrogen (secondary N) is 1. The minimum Gasteiger partial charge on any atom is -0.316 e. The number of hydrogen-bond donors (Lipinski definition) is 1. The van der Waals surface area contributed by atoms with E-state index < -0.39 is 0 Å². The molecule has 0 spiro atoms. The largest absolute Gasteiger partial charge is 0.316 e. The fourth-order valence-corrected chi connectivity index (χ4v) is 2.49. The molecule has 0 aromatic heterocycles. The lowest BCUT2D eigenvalue weighted by atomic mass is 10.4. The Labute approximate surface area is 117 Å². The van der Waals surface area contributed by atoms with Crippen LogP contribution in [0.5, 0.6) is 0 Å². The fraction of sp³-hybridized carbons (Fsp3) is 0.538. The average molecular weight is 317 g/mol. The van der Waals surface area contributed by atoms with E-state index in [-0.39, 0.29) is 0 Å². The van der Waals surface area contributed by atoms with Crippen molar-refractivity contribution in [1.82, 2.24) is 10.2 Å². The summed E-state index contributed by atoms with van der Waals surface area (Å²) in [7, 11) is 4.23. The maximum atomic E-state index is 3.47. The van der Waals surface area contributed by atoms with Gasteiger partial charge in [0.05, 0.1) is 0 Å². The van der Waals surface area contributed by atoms with E-state index in [4.69, 9.17) is 0 Å². The van der Waals surface area contributed by atoms with E-state index in [1.807, 2.05) is 11.8 Å². The summed E-state index contributed by atoms with van der Waals surface area (Å²) < 4.78 is 1.14. The predicted molar refractivity (Wildman–Crippen MR) is 80.9 cm³/mol. The molecule has 0 saturated heterocycles. The minimum atomic E-state index is 1.08. The maximum Gasteiger partial charge on any atom is 0.0176 e. The third-order valence-corrected chi connectivity index (χ3v) is 3.86. The molecule has 0 aliphatic rings. The zero-order valence-electron chi connectivity index (χ0n) is 10.6. The van der Waals surface area contributed by atoms with Crippen LogP contribution < -0.4 is 5.32 Å². The zero-order chi connectivity index (χ0) is 12.5. The van der Waals surface area contributed by atoms with Crippen molar-refractivity contribution in [2.75, 3.05) is 39.5 Å². The van der Waals surface area contributed by atoms with Crippen LogP contribution in [-0.2, 0) is 0 Å². The quantitative estimate of drug-likeness (QED) is 0.586. The molecule has 0 aliphatic carbocycles. The molecule has 1 aromatic carbocycles. The average Bonchev–Trinajstić information content (AvgIpc) is 2.30. The summed E-state index contributed by atoms with van der Waals surface area (Å²) in [5.74, 6) is 1.13. The third-order valence-electron chi connectivity index (χ3n) is 2.32. The van der Waals surface area contributed by atoms with Crippen LogP contribution in [0.25, 0.3) is 0 Å². The molecule has 0 atom stereocenters. The first-order valence-corrected chi connectivity index (χ1v) is 7.70. The van der Waals surface area contributed by atoms with Gasteiger partial charge in [0.15, 0.2) is 0 Å². The summed E-state index contributed by atoms with van der Waals surface area (Å²) in [5.41, 5.74) is 0. The van der Waals surface area contributed by atoms with Crippen LogP contribution in [0, 0.1) is 0 Å². The van der Waals surface area contributed by atoms with Gasteiger partial charge in [0.1, 0.15) is 0 Å². The van der Waals surface area contributed by atoms with E-state index in [0.29, 0.717) is 0 Å². The Morgan fingerprint density at radius 2 is 1.88 bits per heavy atom. The van der Waals surface area contributed by atoms with E-state index >= 15 is 0 Å². The SMILES string of the molecule is CN(C)CCCNCCSc1ccc(Br)cc1. The number of thioether (sulfide) groups is 1. The topological polar surface area (TPSA) is 15.3 Å². The first-order chi connectivity index (χ1) is 8.18. The van der Waals surface area contributed by atoms with Crippen LogP contribution in [0.2, 0.25) is 0 Å². The lowest BCUT2D eigenvalue weighted by Gasteiger charge is -2.09. The molecule has 0 fully saturated rings. The Balaban J connectivity index is 1.99. The molecule has 96 valence electrons. The van der Waals surface area contributed by atoms with Gasteiger partial charge in [-0.25, -0.2) is 0 Å². The lowest BCUT2D eigenvalue weighted by molar-refractivity contribution is 0.396. The normalized spacial score (nSPS) is 11.1. The van der Waals surface area contributed by atoms with Gasteiger partial charge in [0.2, 0.25) is 0 Å². The fourth-order valence-electron chi connectivity index (χ4n) is 1.42. The Kier molecular flexibility index (Phi) is 7.93. The lowest BCUT2D eigenvalue weighted by Crippen LogP contribution is -2.23. The van der Waals surface area contributed by atoms with Gasteiger partial charge < -0.3 is 10.2 Å². The van der Waals surface area contributed by atoms with E-state index in [1.54, 1.807) is 0 Å². The van der Waals surface area contributed by atoms with Gasteiger partial charge >= 0.3 is 0 Å². The van der Waals surface area contributed by atoms with Crippen LogP contribution in [-0.4, -0.2) is 44.4 Å². The smallest absolute Gasteiger partial charge is 0.0176 e. The van der Waals surface area contributed by atoms with Crippen molar-refractivity contribution in [2.45, 2.75) is 11.3 Å². The monoisotopic (exact) mass is 316 g/mol. The van der Waals surface area contributed by atoms with Crippen molar-refractivity contribution >= 4 is 27.7 Å². The number of nitrogens with zero attached hydrogens (tertiary/aromatic N) is 1. The Morgan fingerprint density at radius 3 is 2.53 bits per heavy atom. The van der Waals surface area contributed by atoms with Gasteiger partial charge in [-0.3, -0.25) is 0 Å². The standard InChI is InChI=1S/C13H21BrN2S/c1-16(2)10-3-8-15-9-11-17-13-6-4-12(14)5-7-13/h4-7,15H,3,8-11H2,1-2H3. The molecule has 0 amide bonds. The molecule has 2 nitrogen and oxygen atoms in total. The molecule has 0 aliphatic heterocycles. The molecule has 0 heterocycles. The van der Waals surface area contributed by atoms with Crippen LogP contribution in [0.1, 0.15) is 6.42 Å². The first-order valence-electron chi connectivity index (χ1n) is 5.92. The van der Waals surface area contributed by atoms with Gasteiger partial charge in [-0.15, -0.1) is 11.8 Å². The number of hydrogen-bond acceptors (Lipinski definition) is 3. The number of rotatable bonds is 8. The molecule has 1 rings (SSSR count). The highest BCUT2D eigenvalue weighted by Gasteiger charge is 1.94. The van der Waals surface area contributed by atoms with Crippen molar-refractivity contribution in [3.05, 3.63) is 28.7 Å². The highest BCUT2D eigenvalue weighted by molar-refractivity contribution is 9.10. The van der Waals surface area contributed by atoms with Crippen molar-refractivity contribution in [2.24, 2.45) is 0 Å². The van der Waals surface area contributed by atoms with Crippen molar-refractivity contribution in [1.29, 1.82) is 0 Å². The first kappa shape index (κ1) is 15.0. The molecular formula is C13H21BrN2S. The molecular weight excluding hydrogens is 296 g/mol. The highest BCUT2D eigenvalue weighted by Crippen LogP contribution is 2.19. The third kappa shape index (κ3) is 7.82. The second-order valence-corrected chi connectivity index (χ2v) is 6.29. The van der Waals surface area contributed by atoms with Crippen molar-refractivity contribution < 1.29 is 0 Å². The Morgan fingerprint density at radius 1 is 1.18 bits per heavy atom. The Hall–Kier alpha value is -0.0300. The predicted octanol–water partition coefficient (Wildman–Crippen LogP) is 3.08. The van der Waals surface area contributed by atoms with Gasteiger partial charge in [-0.1, -0.05) is 15.9 Å². The highest BCUT2D eigenvalue weighted by atomic mass is 79.9. The summed E-state index contributed by atoms with van der Waals surface area (Å²) in [6.45, 7) is 3.35. The molecule has 1 N–H and O–H groups in total. The molecule has 0 radical (unpaired) electrons. The van der Waals surface area contributed by atoms with Gasteiger partial charge in [-0.2, -0.15) is 0 Å². The number of halogens is 1. The summed E-state index contributed by atoms with van der Waals surface area (Å²) >= 11 is 5.34. The van der Waals surface area contributed by atoms with Crippen LogP contribution >= 0.6 is 27.7 Å². The van der Waals surface area contributed by atoms with Crippen LogP contribution in [0.15, 0.2) is 33.6 Å². The van der Waals surface area contributed by atoms with Gasteiger partial charge in [0, 0.05) is 21.7 Å². The molecule has 0 saturated carbocycles. The summed E-state index contributed by atoms with van der Waals surface area (Å²) in [6.07, 6.45) is 1.22. The van der Waals surface area contributed by atoms with Crippen molar-refractivity contribution in [3.63, 3.8) is 0 Å². The summed E-state index contributed by atoms with van der Waals surface area (Å²) in [5, 5.41) is 3.47. The summed E-state index contributed by atoms with van der Waals surface area (Å²) in [4.78, 5) is 3.56. The van der Waals surface area contributed by atoms with Gasteiger partial charge in [-0.05, 0) is 57.9 Å². The number of benzene rings is 1. The molecule has 1 aromatic rings. The van der Waals surface area contributed by atoms with E-state index in [0.717, 1.165) is 29.9 Å². The van der Waals surface area contributed by atoms with E-state index in [2.05, 4.69) is 64.5 Å². The maximum absolute atomic E-state index is 3.47. The van der Waals surface area contributed by atoms with E-state index in [1.165, 1.54) is 11.3 Å². The van der Waals surface area contributed by atoms with Crippen LogP contribution in [0.4, 0.5) is 0 Å². The molecule has 0 unspecified atom stereocenters. The Bertz CT molecular complexity index is 301. The summed E-state index contributed by atoms with van der Waals surface area (Å²) in [6, 6.07) is 8.49. The van der Waals surface area contributed by atoms with Crippen molar-refractivity contribution in [3.8, 4) is 0 Å². The molecule has 0 bridgehead atoms. The van der Waals surface area contributed by atoms with Gasteiger partial charge in [0.25, 0.3) is 0 Å². The zero-order valence-corrected chi connectivity index (χ0v) is 13.0. The van der Waals surface area contributed by atoms with E-state index in [9.17, 15) is 0 Å². The molecule has 17 heavy (non-hydrogen) atoms.